The Bertz CT molecular complexity index is 103. The minimum Gasteiger partial charge on any atom is -0.331 e. The lowest BCUT2D eigenvalue weighted by atomic mass is 10.5. The summed E-state index contributed by atoms with van der Waals surface area (Å²) in [6.45, 7) is 1.96. The van der Waals surface area contributed by atoms with Crippen LogP contribution >= 0.6 is 12.6 Å². The lowest BCUT2D eigenvalue weighted by Gasteiger charge is -2.17. The highest BCUT2D eigenvalue weighted by atomic mass is 32.1. The van der Waals surface area contributed by atoms with Crippen LogP contribution in [0.15, 0.2) is 0 Å². The molecule has 0 rings (SSSR count). The van der Waals surface area contributed by atoms with Crippen LogP contribution in [0, 0.1) is 0 Å². The molecule has 0 spiro atoms. The molecule has 0 unspecified atom stereocenters. The molecule has 0 aliphatic rings. The van der Waals surface area contributed by atoms with Crippen molar-refractivity contribution in [3.63, 3.8) is 0 Å². The number of hydrogen-bond donors (Lipinski definition) is 3. The quantitative estimate of drug-likeness (QED) is 0.478. The molecule has 0 heterocycles. The highest BCUT2D eigenvalue weighted by Gasteiger charge is 2.05. The summed E-state index contributed by atoms with van der Waals surface area (Å²) in [7, 11) is 0. The van der Waals surface area contributed by atoms with Gasteiger partial charge in [0.1, 0.15) is 0 Å². The summed E-state index contributed by atoms with van der Waals surface area (Å²) < 4.78 is 0. The van der Waals surface area contributed by atoms with Crippen LogP contribution in [0.2, 0.25) is 0 Å². The molecule has 4 nitrogen and oxygen atoms in total. The highest BCUT2D eigenvalue weighted by molar-refractivity contribution is 7.96. The molecular weight excluding hydrogens is 150 g/mol. The molecule has 0 aromatic heterocycles. The molecule has 4 N–H and O–H groups in total. The van der Waals surface area contributed by atoms with Crippen molar-refractivity contribution in [2.24, 2.45) is 11.5 Å². The van der Waals surface area contributed by atoms with Crippen LogP contribution in [-0.4, -0.2) is 36.3 Å². The Hall–Kier alpha value is -0.260. The van der Waals surface area contributed by atoms with Gasteiger partial charge in [-0.3, -0.25) is 4.79 Å². The first kappa shape index (κ1) is 9.74. The van der Waals surface area contributed by atoms with Gasteiger partial charge in [-0.05, 0) is 0 Å². The summed E-state index contributed by atoms with van der Waals surface area (Å²) >= 11 is 3.64. The maximum Gasteiger partial charge on any atom is 0.278 e. The van der Waals surface area contributed by atoms with Gasteiger partial charge < -0.3 is 16.4 Å². The smallest absolute Gasteiger partial charge is 0.278 e. The van der Waals surface area contributed by atoms with Gasteiger partial charge in [0.15, 0.2) is 0 Å². The molecule has 0 fully saturated rings. The number of nitrogens with two attached hydrogens (primary N) is 2. The summed E-state index contributed by atoms with van der Waals surface area (Å²) in [4.78, 5) is 12.1. The van der Waals surface area contributed by atoms with Gasteiger partial charge in [-0.25, -0.2) is 0 Å². The number of hydrogen-bond acceptors (Lipinski definition) is 3. The van der Waals surface area contributed by atoms with Crippen molar-refractivity contribution in [3.05, 3.63) is 0 Å². The molecule has 0 radical (unpaired) electrons. The maximum atomic E-state index is 10.6. The van der Waals surface area contributed by atoms with Crippen molar-refractivity contribution in [1.29, 1.82) is 0 Å². The van der Waals surface area contributed by atoms with E-state index in [1.54, 1.807) is 0 Å². The molecule has 0 aliphatic heterocycles. The largest absolute Gasteiger partial charge is 0.331 e. The fraction of sp³-hybridized carbons (Fsp3) is 0.800. The lowest BCUT2D eigenvalue weighted by molar-refractivity contribution is 0.226. The van der Waals surface area contributed by atoms with Crippen LogP contribution in [0.25, 0.3) is 0 Å². The molecule has 0 saturated carbocycles. The third-order valence-electron chi connectivity index (χ3n) is 1.07. The molecule has 1 amide bonds. The van der Waals surface area contributed by atoms with Crippen LogP contribution in [0.4, 0.5) is 4.79 Å². The number of carbonyl (C=O) groups excluding carboxylic acids is 1. The predicted octanol–water partition coefficient (Wildman–Crippen LogP) is -0.744. The molecule has 0 aromatic carbocycles. The Morgan fingerprint density at radius 2 is 1.70 bits per heavy atom. The monoisotopic (exact) mass is 163 g/mol. The van der Waals surface area contributed by atoms with E-state index >= 15 is 0 Å². The van der Waals surface area contributed by atoms with E-state index < -0.39 is 0 Å². The topological polar surface area (TPSA) is 72.3 Å². The summed E-state index contributed by atoms with van der Waals surface area (Å²) in [5.74, 6) is 0. The molecule has 0 aliphatic carbocycles. The van der Waals surface area contributed by atoms with E-state index in [1.807, 2.05) is 0 Å². The molecule has 0 aromatic rings. The Morgan fingerprint density at radius 1 is 1.30 bits per heavy atom. The summed E-state index contributed by atoms with van der Waals surface area (Å²) in [6.07, 6.45) is 0. The predicted molar refractivity (Wildman–Crippen MR) is 44.1 cm³/mol. The molecule has 0 atom stereocenters. The van der Waals surface area contributed by atoms with E-state index in [4.69, 9.17) is 11.5 Å². The molecule has 0 bridgehead atoms. The van der Waals surface area contributed by atoms with Crippen molar-refractivity contribution in [2.45, 2.75) is 0 Å². The van der Waals surface area contributed by atoms with Gasteiger partial charge >= 0.3 is 0 Å². The second-order valence-corrected chi connectivity index (χ2v) is 2.23. The van der Waals surface area contributed by atoms with E-state index in [0.29, 0.717) is 26.2 Å². The Balaban J connectivity index is 3.61. The minimum absolute atomic E-state index is 0.268. The zero-order valence-corrected chi connectivity index (χ0v) is 6.68. The molecule has 0 saturated heterocycles. The van der Waals surface area contributed by atoms with Gasteiger partial charge in [-0.15, -0.1) is 0 Å². The third kappa shape index (κ3) is 3.71. The average Bonchev–Trinajstić information content (AvgIpc) is 1.87. The van der Waals surface area contributed by atoms with E-state index in [0.717, 1.165) is 0 Å². The third-order valence-corrected chi connectivity index (χ3v) is 1.35. The van der Waals surface area contributed by atoms with E-state index in [-0.39, 0.29) is 5.24 Å². The molecule has 60 valence electrons. The number of nitrogens with zero attached hydrogens (tertiary/aromatic N) is 1. The SMILES string of the molecule is NCCN(CCN)C(=O)S. The van der Waals surface area contributed by atoms with Crippen molar-refractivity contribution in [3.8, 4) is 0 Å². The minimum atomic E-state index is -0.268. The Labute approximate surface area is 66.0 Å². The highest BCUT2D eigenvalue weighted by Crippen LogP contribution is 1.92. The van der Waals surface area contributed by atoms with E-state index in [9.17, 15) is 4.79 Å². The fourth-order valence-corrected chi connectivity index (χ4v) is 0.815. The van der Waals surface area contributed by atoms with Crippen LogP contribution < -0.4 is 11.5 Å². The van der Waals surface area contributed by atoms with Crippen LogP contribution in [0.5, 0.6) is 0 Å². The summed E-state index contributed by atoms with van der Waals surface area (Å²) in [5.41, 5.74) is 10.5. The molecular formula is C5H13N3OS. The van der Waals surface area contributed by atoms with E-state index in [1.165, 1.54) is 4.90 Å². The number of carbonyl (C=O) groups is 1. The fourth-order valence-electron chi connectivity index (χ4n) is 0.615. The first-order chi connectivity index (χ1) is 4.72. The van der Waals surface area contributed by atoms with E-state index in [2.05, 4.69) is 12.6 Å². The van der Waals surface area contributed by atoms with Crippen molar-refractivity contribution in [2.75, 3.05) is 26.2 Å². The van der Waals surface area contributed by atoms with Gasteiger partial charge in [0.05, 0.1) is 0 Å². The van der Waals surface area contributed by atoms with Crippen molar-refractivity contribution >= 4 is 17.9 Å². The van der Waals surface area contributed by atoms with Gasteiger partial charge in [-0.1, -0.05) is 12.6 Å². The average molecular weight is 163 g/mol. The van der Waals surface area contributed by atoms with Gasteiger partial charge in [-0.2, -0.15) is 0 Å². The van der Waals surface area contributed by atoms with Gasteiger partial charge in [0.2, 0.25) is 0 Å². The van der Waals surface area contributed by atoms with Gasteiger partial charge in [0.25, 0.3) is 5.24 Å². The summed E-state index contributed by atoms with van der Waals surface area (Å²) in [6, 6.07) is 0. The Kier molecular flexibility index (Phi) is 5.38. The first-order valence-electron chi connectivity index (χ1n) is 3.10. The molecule has 10 heavy (non-hydrogen) atoms. The van der Waals surface area contributed by atoms with Gasteiger partial charge in [0, 0.05) is 26.2 Å². The normalized spacial score (nSPS) is 9.50. The second-order valence-electron chi connectivity index (χ2n) is 1.85. The number of thiol groups is 1. The van der Waals surface area contributed by atoms with Crippen molar-refractivity contribution < 1.29 is 4.79 Å². The Morgan fingerprint density at radius 3 is 1.90 bits per heavy atom. The van der Waals surface area contributed by atoms with Crippen LogP contribution in [0.1, 0.15) is 0 Å². The zero-order valence-electron chi connectivity index (χ0n) is 5.79. The van der Waals surface area contributed by atoms with Crippen LogP contribution in [-0.2, 0) is 0 Å². The zero-order chi connectivity index (χ0) is 7.98. The van der Waals surface area contributed by atoms with Crippen molar-refractivity contribution in [1.82, 2.24) is 4.90 Å². The maximum absolute atomic E-state index is 10.6. The standard InChI is InChI=1S/C5H13N3OS/c6-1-3-8(4-2-7)5(9)10/h1-4,6-7H2,(H,9,10). The second kappa shape index (κ2) is 5.52. The number of rotatable bonds is 4. The lowest BCUT2D eigenvalue weighted by Crippen LogP contribution is -2.35. The summed E-state index contributed by atoms with van der Waals surface area (Å²) in [5, 5.41) is -0.268. The molecule has 5 heteroatoms. The number of amides is 1. The first-order valence-corrected chi connectivity index (χ1v) is 3.55. The van der Waals surface area contributed by atoms with Crippen LogP contribution in [0.3, 0.4) is 0 Å².